The van der Waals surface area contributed by atoms with Crippen LogP contribution in [0.4, 0.5) is 5.69 Å². The topological polar surface area (TPSA) is 125 Å². The highest BCUT2D eigenvalue weighted by molar-refractivity contribution is 7.98. The molecular weight excluding hydrogens is 621 g/mol. The highest BCUT2D eigenvalue weighted by Crippen LogP contribution is 2.40. The summed E-state index contributed by atoms with van der Waals surface area (Å²) in [7, 11) is -4.28. The van der Waals surface area contributed by atoms with E-state index < -0.39 is 21.8 Å². The molecule has 3 aromatic carbocycles. The van der Waals surface area contributed by atoms with Crippen molar-refractivity contribution in [2.75, 3.05) is 23.5 Å². The summed E-state index contributed by atoms with van der Waals surface area (Å²) in [6.07, 6.45) is 6.30. The Labute approximate surface area is 263 Å². The number of fused-ring (bicyclic) bond motifs is 2. The fraction of sp³-hybridized carbons (Fsp3) is 0.219. The highest BCUT2D eigenvalue weighted by atomic mass is 32.2. The van der Waals surface area contributed by atoms with Gasteiger partial charge in [-0.2, -0.15) is 13.0 Å². The molecule has 0 saturated carbocycles. The van der Waals surface area contributed by atoms with Crippen molar-refractivity contribution in [2.24, 2.45) is 0 Å². The molecule has 9 nitrogen and oxygen atoms in total. The van der Waals surface area contributed by atoms with E-state index in [9.17, 15) is 27.7 Å². The van der Waals surface area contributed by atoms with Gasteiger partial charge in [0.1, 0.15) is 4.70 Å². The number of anilines is 1. The summed E-state index contributed by atoms with van der Waals surface area (Å²) in [6, 6.07) is 20.1. The fourth-order valence-electron chi connectivity index (χ4n) is 4.91. The van der Waals surface area contributed by atoms with Crippen molar-refractivity contribution >= 4 is 66.9 Å². The summed E-state index contributed by atoms with van der Waals surface area (Å²) in [5.41, 5.74) is 3.28. The number of thioether (sulfide) groups is 1. The number of allylic oxidation sites excluding steroid dienone is 2. The molecule has 12 heteroatoms. The summed E-state index contributed by atoms with van der Waals surface area (Å²) >= 11 is 3.23. The second-order valence-electron chi connectivity index (χ2n) is 10.2. The maximum atomic E-state index is 13.1. The Bertz CT molecular complexity index is 1900. The lowest BCUT2D eigenvalue weighted by Crippen LogP contribution is -2.35. The van der Waals surface area contributed by atoms with E-state index in [1.807, 2.05) is 25.3 Å². The van der Waals surface area contributed by atoms with Crippen molar-refractivity contribution in [1.82, 2.24) is 0 Å². The molecule has 0 atom stereocenters. The quantitative estimate of drug-likeness (QED) is 0.0817. The second-order valence-corrected chi connectivity index (χ2v) is 13.7. The maximum Gasteiger partial charge on any atom is 0.303 e. The number of nitrogens with zero attached hydrogens (tertiary/aromatic N) is 2. The number of ether oxygens (including phenoxy) is 1. The largest absolute Gasteiger partial charge is 0.481 e. The Hall–Kier alpha value is -3.97. The molecule has 2 N–H and O–H groups in total. The van der Waals surface area contributed by atoms with Crippen LogP contribution in [0.25, 0.3) is 16.3 Å². The lowest BCUT2D eigenvalue weighted by atomic mass is 10.0. The predicted octanol–water partition coefficient (Wildman–Crippen LogP) is 6.04. The molecule has 0 saturated heterocycles. The zero-order chi connectivity index (χ0) is 31.4. The number of ketones is 1. The molecule has 0 fully saturated rings. The van der Waals surface area contributed by atoms with Crippen LogP contribution < -0.4 is 14.2 Å². The first-order valence-corrected chi connectivity index (χ1v) is 17.4. The van der Waals surface area contributed by atoms with Crippen molar-refractivity contribution in [3.63, 3.8) is 0 Å². The molecule has 0 aliphatic carbocycles. The molecule has 0 unspecified atom stereocenters. The van der Waals surface area contributed by atoms with Gasteiger partial charge in [-0.15, -0.1) is 11.8 Å². The van der Waals surface area contributed by atoms with Crippen LogP contribution in [0.2, 0.25) is 0 Å². The lowest BCUT2D eigenvalue weighted by Gasteiger charge is -2.18. The smallest absolute Gasteiger partial charge is 0.303 e. The number of aromatic nitrogens is 1. The molecule has 0 amide bonds. The van der Waals surface area contributed by atoms with Crippen molar-refractivity contribution in [2.45, 2.75) is 31.2 Å². The van der Waals surface area contributed by atoms with Gasteiger partial charge in [0, 0.05) is 47.2 Å². The van der Waals surface area contributed by atoms with Crippen LogP contribution in [-0.2, 0) is 21.5 Å². The van der Waals surface area contributed by atoms with Crippen LogP contribution in [0.5, 0.6) is 5.75 Å². The monoisotopic (exact) mass is 651 g/mol. The van der Waals surface area contributed by atoms with Crippen LogP contribution >= 0.6 is 23.1 Å². The van der Waals surface area contributed by atoms with Gasteiger partial charge < -0.3 is 14.7 Å². The van der Waals surface area contributed by atoms with Crippen LogP contribution in [-0.4, -0.2) is 48.4 Å². The van der Waals surface area contributed by atoms with Crippen molar-refractivity contribution < 1.29 is 37.0 Å². The summed E-state index contributed by atoms with van der Waals surface area (Å²) in [6.45, 7) is 2.33. The van der Waals surface area contributed by atoms with E-state index in [1.54, 1.807) is 76.5 Å². The number of hydrogen-bond donors (Lipinski definition) is 2. The third-order valence-electron chi connectivity index (χ3n) is 7.01. The average molecular weight is 652 g/mol. The predicted molar refractivity (Wildman–Crippen MR) is 173 cm³/mol. The highest BCUT2D eigenvalue weighted by Gasteiger charge is 2.29. The normalized spacial score (nSPS) is 14.2. The van der Waals surface area contributed by atoms with Crippen molar-refractivity contribution in [3.05, 3.63) is 100 Å². The Morgan fingerprint density at radius 2 is 1.84 bits per heavy atom. The van der Waals surface area contributed by atoms with E-state index in [1.165, 1.54) is 0 Å². The van der Waals surface area contributed by atoms with Gasteiger partial charge in [-0.05, 0) is 49.1 Å². The first-order chi connectivity index (χ1) is 21.0. The standard InChI is InChI=1S/C32H30N2O7S3/c1-21(18-30-34(14-6-9-31(35)36)26-20-24(42-2)11-13-28(26)43-30)17-29-33(15-16-44(38,39)40)25-19-23(10-12-27(25)41-29)32(37)22-7-4-3-5-8-22/h3-5,7-8,10-13,17-20H,6,9,14-16H2,1-2H3,(H-,35,36,38,39,40)/p+1. The van der Waals surface area contributed by atoms with Gasteiger partial charge in [0.25, 0.3) is 15.1 Å². The molecule has 0 bridgehead atoms. The molecular formula is C32H31N2O7S3+. The number of carbonyl (C=O) groups excluding carboxylic acids is 1. The molecule has 1 aromatic heterocycles. The van der Waals surface area contributed by atoms with E-state index in [0.717, 1.165) is 25.7 Å². The molecule has 0 radical (unpaired) electrons. The molecule has 228 valence electrons. The van der Waals surface area contributed by atoms with Gasteiger partial charge in [0.15, 0.2) is 18.1 Å². The zero-order valence-corrected chi connectivity index (χ0v) is 26.5. The second kappa shape index (κ2) is 13.3. The maximum absolute atomic E-state index is 13.1. The number of rotatable bonds is 12. The van der Waals surface area contributed by atoms with Gasteiger partial charge >= 0.3 is 5.97 Å². The average Bonchev–Trinajstić information content (AvgIpc) is 3.51. The molecule has 0 spiro atoms. The van der Waals surface area contributed by atoms with Crippen LogP contribution in [0.15, 0.2) is 89.2 Å². The minimum atomic E-state index is -4.28. The van der Waals surface area contributed by atoms with Gasteiger partial charge in [0.05, 0.1) is 17.9 Å². The van der Waals surface area contributed by atoms with Crippen LogP contribution in [0.3, 0.4) is 0 Å². The third-order valence-corrected chi connectivity index (χ3v) is 9.55. The first-order valence-electron chi connectivity index (χ1n) is 13.8. The van der Waals surface area contributed by atoms with E-state index in [0.29, 0.717) is 41.4 Å². The number of carboxylic acid groups (broad SMARTS) is 1. The number of thiazole rings is 1. The minimum absolute atomic E-state index is 0.0579. The number of aryl methyl sites for hydroxylation is 1. The van der Waals surface area contributed by atoms with E-state index in [4.69, 9.17) is 4.74 Å². The number of carboxylic acids is 1. The molecule has 1 aliphatic rings. The summed E-state index contributed by atoms with van der Waals surface area (Å²) in [5, 5.41) is 10.1. The number of benzene rings is 3. The van der Waals surface area contributed by atoms with Crippen molar-refractivity contribution in [3.8, 4) is 5.75 Å². The SMILES string of the molecule is CSc1ccc2sc(C=C(C)C=C3Oc4ccc(C(=O)c5ccccc5)cc4N3CCS(=O)(=O)O)[n+](CCCC(=O)O)c2c1. The van der Waals surface area contributed by atoms with E-state index in [2.05, 4.69) is 22.8 Å². The summed E-state index contributed by atoms with van der Waals surface area (Å²) in [5.74, 6) is -0.753. The summed E-state index contributed by atoms with van der Waals surface area (Å²) in [4.78, 5) is 27.1. The van der Waals surface area contributed by atoms with E-state index >= 15 is 0 Å². The van der Waals surface area contributed by atoms with Gasteiger partial charge in [-0.1, -0.05) is 41.7 Å². The summed E-state index contributed by atoms with van der Waals surface area (Å²) < 4.78 is 42.2. The molecule has 1 aliphatic heterocycles. The molecule has 5 rings (SSSR count). The van der Waals surface area contributed by atoms with Crippen LogP contribution in [0.1, 0.15) is 40.7 Å². The zero-order valence-electron chi connectivity index (χ0n) is 24.1. The van der Waals surface area contributed by atoms with Gasteiger partial charge in [0.2, 0.25) is 11.4 Å². The van der Waals surface area contributed by atoms with E-state index in [-0.39, 0.29) is 18.7 Å². The Morgan fingerprint density at radius 1 is 1.07 bits per heavy atom. The number of hydrogen-bond acceptors (Lipinski definition) is 8. The molecule has 4 aromatic rings. The number of carbonyl (C=O) groups is 2. The van der Waals surface area contributed by atoms with Gasteiger partial charge in [-0.25, -0.2) is 0 Å². The fourth-order valence-corrected chi connectivity index (χ4v) is 6.94. The van der Waals surface area contributed by atoms with Gasteiger partial charge in [-0.3, -0.25) is 14.1 Å². The third kappa shape index (κ3) is 7.39. The Kier molecular flexibility index (Phi) is 9.54. The lowest BCUT2D eigenvalue weighted by molar-refractivity contribution is -0.669. The van der Waals surface area contributed by atoms with Crippen molar-refractivity contribution in [1.29, 1.82) is 0 Å². The Balaban J connectivity index is 1.51. The molecule has 2 heterocycles. The van der Waals surface area contributed by atoms with Crippen LogP contribution in [0, 0.1) is 0 Å². The molecule has 44 heavy (non-hydrogen) atoms. The first kappa shape index (κ1) is 31.5. The Morgan fingerprint density at radius 3 is 2.55 bits per heavy atom. The number of aliphatic carboxylic acids is 1. The minimum Gasteiger partial charge on any atom is -0.481 e.